The van der Waals surface area contributed by atoms with E-state index in [1.807, 2.05) is 12.1 Å². The average Bonchev–Trinajstić information content (AvgIpc) is 2.53. The molecule has 0 fully saturated rings. The highest BCUT2D eigenvalue weighted by Crippen LogP contribution is 2.21. The fourth-order valence-electron chi connectivity index (χ4n) is 2.62. The summed E-state index contributed by atoms with van der Waals surface area (Å²) in [6.45, 7) is 1.73. The molecule has 1 nitrogen and oxygen atoms in total. The van der Waals surface area contributed by atoms with Crippen LogP contribution in [0.3, 0.4) is 0 Å². The summed E-state index contributed by atoms with van der Waals surface area (Å²) >= 11 is 12.1. The number of halogens is 2. The highest BCUT2D eigenvalue weighted by atomic mass is 35.5. The van der Waals surface area contributed by atoms with E-state index in [9.17, 15) is 0 Å². The van der Waals surface area contributed by atoms with Crippen LogP contribution in [0.4, 0.5) is 0 Å². The highest BCUT2D eigenvalue weighted by Gasteiger charge is 2.02. The lowest BCUT2D eigenvalue weighted by Gasteiger charge is -2.09. The summed E-state index contributed by atoms with van der Waals surface area (Å²) < 4.78 is 0. The first-order valence-electron chi connectivity index (χ1n) is 7.35. The zero-order valence-corrected chi connectivity index (χ0v) is 13.7. The molecule has 0 saturated heterocycles. The van der Waals surface area contributed by atoms with Crippen LogP contribution in [0.5, 0.6) is 0 Å². The van der Waals surface area contributed by atoms with E-state index in [1.165, 1.54) is 16.3 Å². The van der Waals surface area contributed by atoms with Crippen molar-refractivity contribution in [3.63, 3.8) is 0 Å². The molecule has 22 heavy (non-hydrogen) atoms. The Morgan fingerprint density at radius 1 is 0.818 bits per heavy atom. The summed E-state index contributed by atoms with van der Waals surface area (Å²) in [5, 5.41) is 7.49. The smallest absolute Gasteiger partial charge is 0.0453 e. The molecule has 0 heterocycles. The molecule has 0 bridgehead atoms. The predicted molar refractivity (Wildman–Crippen MR) is 95.8 cm³/mol. The van der Waals surface area contributed by atoms with E-state index >= 15 is 0 Å². The number of fused-ring (bicyclic) bond motifs is 1. The van der Waals surface area contributed by atoms with Gasteiger partial charge in [0.2, 0.25) is 0 Å². The maximum Gasteiger partial charge on any atom is 0.0453 e. The van der Waals surface area contributed by atoms with Crippen molar-refractivity contribution in [2.75, 3.05) is 6.54 Å². The third-order valence-corrected chi connectivity index (χ3v) is 4.37. The lowest BCUT2D eigenvalue weighted by molar-refractivity contribution is 0.690. The Kier molecular flexibility index (Phi) is 4.99. The van der Waals surface area contributed by atoms with Crippen LogP contribution < -0.4 is 5.32 Å². The van der Waals surface area contributed by atoms with Gasteiger partial charge in [0.15, 0.2) is 0 Å². The number of rotatable bonds is 5. The zero-order chi connectivity index (χ0) is 15.4. The largest absolute Gasteiger partial charge is 0.312 e. The van der Waals surface area contributed by atoms with Gasteiger partial charge < -0.3 is 5.32 Å². The third kappa shape index (κ3) is 3.61. The Morgan fingerprint density at radius 3 is 2.50 bits per heavy atom. The summed E-state index contributed by atoms with van der Waals surface area (Å²) in [7, 11) is 0. The Labute approximate surface area is 140 Å². The summed E-state index contributed by atoms with van der Waals surface area (Å²) in [4.78, 5) is 0. The van der Waals surface area contributed by atoms with Crippen molar-refractivity contribution in [3.05, 3.63) is 81.8 Å². The second-order valence-corrected chi connectivity index (χ2v) is 6.14. The van der Waals surface area contributed by atoms with Gasteiger partial charge in [0.1, 0.15) is 0 Å². The number of benzene rings is 3. The monoisotopic (exact) mass is 329 g/mol. The summed E-state index contributed by atoms with van der Waals surface area (Å²) in [6, 6.07) is 20.6. The van der Waals surface area contributed by atoms with E-state index in [1.54, 1.807) is 6.07 Å². The van der Waals surface area contributed by atoms with Crippen LogP contribution in [-0.2, 0) is 13.0 Å². The summed E-state index contributed by atoms with van der Waals surface area (Å²) in [6.07, 6.45) is 0.890. The Bertz CT molecular complexity index is 778. The van der Waals surface area contributed by atoms with E-state index in [2.05, 4.69) is 47.8 Å². The molecule has 0 spiro atoms. The van der Waals surface area contributed by atoms with Gasteiger partial charge in [-0.05, 0) is 47.0 Å². The normalized spacial score (nSPS) is 11.0. The quantitative estimate of drug-likeness (QED) is 0.611. The second-order valence-electron chi connectivity index (χ2n) is 5.30. The first-order chi connectivity index (χ1) is 10.7. The van der Waals surface area contributed by atoms with Crippen LogP contribution >= 0.6 is 23.2 Å². The summed E-state index contributed by atoms with van der Waals surface area (Å²) in [5.41, 5.74) is 2.44. The predicted octanol–water partition coefficient (Wildman–Crippen LogP) is 5.48. The molecule has 0 radical (unpaired) electrons. The minimum atomic E-state index is 0.678. The van der Waals surface area contributed by atoms with Crippen LogP contribution in [0.25, 0.3) is 10.8 Å². The molecule has 0 aliphatic heterocycles. The fourth-order valence-corrected chi connectivity index (χ4v) is 3.12. The van der Waals surface area contributed by atoms with Gasteiger partial charge in [-0.15, -0.1) is 0 Å². The van der Waals surface area contributed by atoms with Crippen molar-refractivity contribution >= 4 is 34.0 Å². The van der Waals surface area contributed by atoms with E-state index in [0.29, 0.717) is 5.02 Å². The summed E-state index contributed by atoms with van der Waals surface area (Å²) in [5.74, 6) is 0. The number of hydrogen-bond donors (Lipinski definition) is 1. The van der Waals surface area contributed by atoms with Crippen LogP contribution in [0, 0.1) is 0 Å². The van der Waals surface area contributed by atoms with Gasteiger partial charge in [0.05, 0.1) is 0 Å². The van der Waals surface area contributed by atoms with Gasteiger partial charge in [-0.3, -0.25) is 0 Å². The maximum atomic E-state index is 6.19. The van der Waals surface area contributed by atoms with Gasteiger partial charge in [-0.25, -0.2) is 0 Å². The molecule has 0 aliphatic carbocycles. The Hall–Kier alpha value is -1.54. The topological polar surface area (TPSA) is 12.0 Å². The third-order valence-electron chi connectivity index (χ3n) is 3.78. The highest BCUT2D eigenvalue weighted by molar-refractivity contribution is 6.35. The van der Waals surface area contributed by atoms with Crippen LogP contribution in [-0.4, -0.2) is 6.54 Å². The van der Waals surface area contributed by atoms with E-state index < -0.39 is 0 Å². The first kappa shape index (κ1) is 15.4. The van der Waals surface area contributed by atoms with Gasteiger partial charge in [-0.2, -0.15) is 0 Å². The van der Waals surface area contributed by atoms with Crippen LogP contribution in [0.2, 0.25) is 10.0 Å². The molecule has 0 saturated carbocycles. The van der Waals surface area contributed by atoms with E-state index in [-0.39, 0.29) is 0 Å². The fraction of sp³-hybridized carbons (Fsp3) is 0.158. The molecule has 0 amide bonds. The van der Waals surface area contributed by atoms with Gasteiger partial charge >= 0.3 is 0 Å². The standard InChI is InChI=1S/C19H17Cl2N/c20-17-9-8-15(19(21)12-17)10-11-22-13-16-6-3-5-14-4-1-2-7-18(14)16/h1-9,12,22H,10-11,13H2. The molecule has 0 aromatic heterocycles. The molecule has 3 heteroatoms. The van der Waals surface area contributed by atoms with Gasteiger partial charge in [0, 0.05) is 16.6 Å². The number of nitrogens with one attached hydrogen (secondary N) is 1. The molecule has 0 unspecified atom stereocenters. The maximum absolute atomic E-state index is 6.19. The van der Waals surface area contributed by atoms with Crippen molar-refractivity contribution in [2.24, 2.45) is 0 Å². The molecule has 3 aromatic carbocycles. The molecule has 112 valence electrons. The molecule has 0 aliphatic rings. The molecule has 3 aromatic rings. The Morgan fingerprint density at radius 2 is 1.64 bits per heavy atom. The molecule has 3 rings (SSSR count). The second kappa shape index (κ2) is 7.15. The van der Waals surface area contributed by atoms with Crippen molar-refractivity contribution < 1.29 is 0 Å². The van der Waals surface area contributed by atoms with Crippen LogP contribution in [0.1, 0.15) is 11.1 Å². The van der Waals surface area contributed by atoms with E-state index in [4.69, 9.17) is 23.2 Å². The van der Waals surface area contributed by atoms with Crippen LogP contribution in [0.15, 0.2) is 60.7 Å². The number of hydrogen-bond acceptors (Lipinski definition) is 1. The Balaban J connectivity index is 1.61. The first-order valence-corrected chi connectivity index (χ1v) is 8.11. The van der Waals surface area contributed by atoms with Gasteiger partial charge in [-0.1, -0.05) is 71.7 Å². The zero-order valence-electron chi connectivity index (χ0n) is 12.2. The minimum absolute atomic E-state index is 0.678. The molecule has 1 N–H and O–H groups in total. The van der Waals surface area contributed by atoms with Crippen molar-refractivity contribution in [1.82, 2.24) is 5.32 Å². The molecule has 0 atom stereocenters. The molecular formula is C19H17Cl2N. The van der Waals surface area contributed by atoms with Gasteiger partial charge in [0.25, 0.3) is 0 Å². The lowest BCUT2D eigenvalue weighted by atomic mass is 10.0. The lowest BCUT2D eigenvalue weighted by Crippen LogP contribution is -2.17. The van der Waals surface area contributed by atoms with Crippen molar-refractivity contribution in [3.8, 4) is 0 Å². The van der Waals surface area contributed by atoms with Crippen molar-refractivity contribution in [2.45, 2.75) is 13.0 Å². The minimum Gasteiger partial charge on any atom is -0.312 e. The van der Waals surface area contributed by atoms with Crippen molar-refractivity contribution in [1.29, 1.82) is 0 Å². The van der Waals surface area contributed by atoms with E-state index in [0.717, 1.165) is 30.1 Å². The average molecular weight is 330 g/mol. The SMILES string of the molecule is Clc1ccc(CCNCc2cccc3ccccc23)c(Cl)c1. The molecular weight excluding hydrogens is 313 g/mol.